The molecule has 0 saturated heterocycles. The van der Waals surface area contributed by atoms with E-state index in [1.165, 1.54) is 0 Å². The Morgan fingerprint density at radius 2 is 1.96 bits per heavy atom. The first-order chi connectivity index (χ1) is 13.1. The normalized spacial score (nSPS) is 9.96. The summed E-state index contributed by atoms with van der Waals surface area (Å²) in [7, 11) is 0. The Labute approximate surface area is 164 Å². The summed E-state index contributed by atoms with van der Waals surface area (Å²) < 4.78 is 10.8. The van der Waals surface area contributed by atoms with Gasteiger partial charge in [-0.2, -0.15) is 5.26 Å². The average Bonchev–Trinajstić information content (AvgIpc) is 2.65. The van der Waals surface area contributed by atoms with Crippen molar-refractivity contribution in [3.8, 4) is 11.8 Å². The summed E-state index contributed by atoms with van der Waals surface area (Å²) in [5.41, 5.74) is 2.80. The summed E-state index contributed by atoms with van der Waals surface area (Å²) >= 11 is 6.16. The van der Waals surface area contributed by atoms with Gasteiger partial charge in [-0.3, -0.25) is 4.79 Å². The molecule has 139 valence electrons. The molecule has 1 radical (unpaired) electrons. The van der Waals surface area contributed by atoms with Crippen molar-refractivity contribution in [3.63, 3.8) is 0 Å². The first-order valence-electron chi connectivity index (χ1n) is 8.31. The van der Waals surface area contributed by atoms with E-state index in [-0.39, 0.29) is 19.8 Å². The summed E-state index contributed by atoms with van der Waals surface area (Å²) in [5, 5.41) is 12.3. The van der Waals surface area contributed by atoms with Crippen LogP contribution in [0.5, 0.6) is 5.75 Å². The molecule has 0 aliphatic rings. The second kappa shape index (κ2) is 10.2. The van der Waals surface area contributed by atoms with Gasteiger partial charge in [0.25, 0.3) is 0 Å². The molecule has 0 spiro atoms. The number of esters is 1. The van der Waals surface area contributed by atoms with E-state index in [9.17, 15) is 4.79 Å². The van der Waals surface area contributed by atoms with E-state index < -0.39 is 5.97 Å². The lowest BCUT2D eigenvalue weighted by Gasteiger charge is -2.15. The van der Waals surface area contributed by atoms with Crippen LogP contribution in [0.4, 0.5) is 5.69 Å². The van der Waals surface area contributed by atoms with Crippen LogP contribution in [0.15, 0.2) is 49.1 Å². The second-order valence-electron chi connectivity index (χ2n) is 5.60. The zero-order valence-corrected chi connectivity index (χ0v) is 15.6. The molecular weight excluding hydrogens is 364 g/mol. The van der Waals surface area contributed by atoms with Crippen molar-refractivity contribution < 1.29 is 14.3 Å². The zero-order valence-electron chi connectivity index (χ0n) is 14.8. The maximum atomic E-state index is 12.2. The van der Waals surface area contributed by atoms with Gasteiger partial charge < -0.3 is 14.8 Å². The molecule has 27 heavy (non-hydrogen) atoms. The fraction of sp³-hybridized carbons (Fsp3) is 0.190. The van der Waals surface area contributed by atoms with Crippen LogP contribution in [-0.4, -0.2) is 19.3 Å². The number of allylic oxidation sites excluding steroid dienone is 1. The highest BCUT2D eigenvalue weighted by atomic mass is 35.5. The minimum atomic E-state index is -0.420. The van der Waals surface area contributed by atoms with Crippen molar-refractivity contribution in [1.29, 1.82) is 5.26 Å². The van der Waals surface area contributed by atoms with Crippen molar-refractivity contribution in [2.75, 3.05) is 18.7 Å². The third kappa shape index (κ3) is 6.05. The average molecular weight is 384 g/mol. The SMILES string of the molecule is [CH2]COc1c(CC=C)cc(Cl)cc1CC(=O)OCNc1ccc(C#N)cc1. The molecule has 6 heteroatoms. The molecule has 0 unspecified atom stereocenters. The molecule has 0 atom stereocenters. The van der Waals surface area contributed by atoms with Gasteiger partial charge in [0.1, 0.15) is 5.75 Å². The van der Waals surface area contributed by atoms with E-state index in [0.29, 0.717) is 28.3 Å². The van der Waals surface area contributed by atoms with E-state index in [1.807, 2.05) is 6.07 Å². The van der Waals surface area contributed by atoms with Crippen molar-refractivity contribution in [1.82, 2.24) is 0 Å². The molecule has 2 aromatic carbocycles. The van der Waals surface area contributed by atoms with Gasteiger partial charge in [-0.25, -0.2) is 0 Å². The number of anilines is 1. The standard InChI is InChI=1S/C21H20ClN2O3/c1-3-5-16-10-18(22)11-17(21(16)26-4-2)12-20(25)27-14-24-19-8-6-15(13-23)7-9-19/h3,6-11,24H,1-2,4-5,12,14H2. The van der Waals surface area contributed by atoms with Gasteiger partial charge in [-0.05, 0) is 55.3 Å². The van der Waals surface area contributed by atoms with Crippen molar-refractivity contribution in [2.45, 2.75) is 12.8 Å². The first-order valence-corrected chi connectivity index (χ1v) is 8.69. The van der Waals surface area contributed by atoms with Crippen molar-refractivity contribution in [3.05, 3.63) is 77.7 Å². The van der Waals surface area contributed by atoms with Crippen molar-refractivity contribution in [2.24, 2.45) is 0 Å². The number of ether oxygens (including phenoxy) is 2. The Morgan fingerprint density at radius 1 is 1.26 bits per heavy atom. The van der Waals surface area contributed by atoms with Gasteiger partial charge in [0, 0.05) is 16.3 Å². The smallest absolute Gasteiger partial charge is 0.312 e. The van der Waals surface area contributed by atoms with Gasteiger partial charge in [-0.1, -0.05) is 17.7 Å². The number of nitriles is 1. The molecule has 0 aliphatic heterocycles. The number of hydrogen-bond donors (Lipinski definition) is 1. The number of carbonyl (C=O) groups is 1. The van der Waals surface area contributed by atoms with Crippen LogP contribution in [-0.2, 0) is 22.4 Å². The fourth-order valence-corrected chi connectivity index (χ4v) is 2.77. The minimum Gasteiger partial charge on any atom is -0.493 e. The second-order valence-corrected chi connectivity index (χ2v) is 6.03. The molecule has 0 aromatic heterocycles. The highest BCUT2D eigenvalue weighted by Gasteiger charge is 2.15. The van der Waals surface area contributed by atoms with Crippen molar-refractivity contribution >= 4 is 23.3 Å². The van der Waals surface area contributed by atoms with Gasteiger partial charge in [0.05, 0.1) is 24.7 Å². The Kier molecular flexibility index (Phi) is 7.72. The van der Waals surface area contributed by atoms with Crippen LogP contribution in [0, 0.1) is 18.3 Å². The molecule has 2 rings (SSSR count). The largest absolute Gasteiger partial charge is 0.493 e. The lowest BCUT2D eigenvalue weighted by Crippen LogP contribution is -2.15. The molecule has 0 aliphatic carbocycles. The Bertz CT molecular complexity index is 842. The first kappa shape index (κ1) is 20.3. The minimum absolute atomic E-state index is 0.0103. The number of halogens is 1. The lowest BCUT2D eigenvalue weighted by molar-refractivity contribution is -0.142. The molecule has 0 saturated carbocycles. The quantitative estimate of drug-likeness (QED) is 0.397. The zero-order chi connectivity index (χ0) is 19.6. The summed E-state index contributed by atoms with van der Waals surface area (Å²) in [6.07, 6.45) is 2.33. The van der Waals surface area contributed by atoms with Crippen LogP contribution in [0.1, 0.15) is 16.7 Å². The number of carbonyl (C=O) groups excluding carboxylic acids is 1. The van der Waals surface area contributed by atoms with E-state index in [1.54, 1.807) is 42.5 Å². The van der Waals surface area contributed by atoms with Gasteiger partial charge >= 0.3 is 5.97 Å². The number of nitrogens with zero attached hydrogens (tertiary/aromatic N) is 1. The third-order valence-electron chi connectivity index (χ3n) is 3.68. The molecular formula is C21H20ClN2O3. The van der Waals surface area contributed by atoms with E-state index in [4.69, 9.17) is 26.3 Å². The molecule has 2 aromatic rings. The highest BCUT2D eigenvalue weighted by Crippen LogP contribution is 2.30. The summed E-state index contributed by atoms with van der Waals surface area (Å²) in [5.74, 6) is 0.170. The van der Waals surface area contributed by atoms with Gasteiger partial charge in [-0.15, -0.1) is 6.58 Å². The topological polar surface area (TPSA) is 71.3 Å². The maximum Gasteiger partial charge on any atom is 0.312 e. The van der Waals surface area contributed by atoms with E-state index >= 15 is 0 Å². The van der Waals surface area contributed by atoms with Crippen LogP contribution < -0.4 is 10.1 Å². The summed E-state index contributed by atoms with van der Waals surface area (Å²) in [6, 6.07) is 12.4. The van der Waals surface area contributed by atoms with Crippen LogP contribution in [0.2, 0.25) is 5.02 Å². The van der Waals surface area contributed by atoms with Crippen LogP contribution in [0.25, 0.3) is 0 Å². The molecule has 0 bridgehead atoms. The number of nitrogens with one attached hydrogen (secondary N) is 1. The molecule has 0 heterocycles. The molecule has 5 nitrogen and oxygen atoms in total. The maximum absolute atomic E-state index is 12.2. The predicted octanol–water partition coefficient (Wildman–Crippen LogP) is 4.31. The Hall–Kier alpha value is -2.97. The molecule has 1 N–H and O–H groups in total. The van der Waals surface area contributed by atoms with E-state index in [0.717, 1.165) is 11.3 Å². The lowest BCUT2D eigenvalue weighted by atomic mass is 10.0. The van der Waals surface area contributed by atoms with Gasteiger partial charge in [0.2, 0.25) is 0 Å². The third-order valence-corrected chi connectivity index (χ3v) is 3.89. The number of rotatable bonds is 9. The van der Waals surface area contributed by atoms with Crippen LogP contribution >= 0.6 is 11.6 Å². The number of hydrogen-bond acceptors (Lipinski definition) is 5. The fourth-order valence-electron chi connectivity index (χ4n) is 2.51. The van der Waals surface area contributed by atoms with Crippen LogP contribution in [0.3, 0.4) is 0 Å². The molecule has 0 fully saturated rings. The molecule has 0 amide bonds. The summed E-state index contributed by atoms with van der Waals surface area (Å²) in [4.78, 5) is 12.2. The Morgan fingerprint density at radius 3 is 2.59 bits per heavy atom. The van der Waals surface area contributed by atoms with Gasteiger partial charge in [0.15, 0.2) is 6.73 Å². The van der Waals surface area contributed by atoms with E-state index in [2.05, 4.69) is 18.8 Å². The monoisotopic (exact) mass is 383 g/mol. The summed E-state index contributed by atoms with van der Waals surface area (Å²) in [6.45, 7) is 7.66. The predicted molar refractivity (Wildman–Crippen MR) is 106 cm³/mol. The Balaban J connectivity index is 1.99. The highest BCUT2D eigenvalue weighted by molar-refractivity contribution is 6.30. The number of benzene rings is 2.